The first-order valence-electron chi connectivity index (χ1n) is 8.58. The zero-order chi connectivity index (χ0) is 18.0. The highest BCUT2D eigenvalue weighted by atomic mass is 32.2. The summed E-state index contributed by atoms with van der Waals surface area (Å²) in [7, 11) is 3.94. The van der Waals surface area contributed by atoms with Gasteiger partial charge in [0.05, 0.1) is 11.2 Å². The molecular formula is C18H31BN2O2S. The van der Waals surface area contributed by atoms with E-state index in [1.54, 1.807) is 11.9 Å². The fourth-order valence-corrected chi connectivity index (χ4v) is 3.28. The lowest BCUT2D eigenvalue weighted by molar-refractivity contribution is 0.00578. The van der Waals surface area contributed by atoms with Gasteiger partial charge in [-0.1, -0.05) is 24.1 Å². The minimum Gasteiger partial charge on any atom is -0.399 e. The summed E-state index contributed by atoms with van der Waals surface area (Å²) < 4.78 is 14.6. The van der Waals surface area contributed by atoms with E-state index in [4.69, 9.17) is 9.31 Å². The van der Waals surface area contributed by atoms with Gasteiger partial charge in [-0.2, -0.15) is 0 Å². The molecule has 0 unspecified atom stereocenters. The molecule has 0 spiro atoms. The van der Waals surface area contributed by atoms with Gasteiger partial charge in [-0.3, -0.25) is 0 Å². The maximum atomic E-state index is 6.12. The van der Waals surface area contributed by atoms with Crippen molar-refractivity contribution in [1.82, 2.24) is 4.90 Å². The molecule has 4 nitrogen and oxygen atoms in total. The van der Waals surface area contributed by atoms with Gasteiger partial charge in [0.2, 0.25) is 0 Å². The van der Waals surface area contributed by atoms with E-state index in [0.717, 1.165) is 25.0 Å². The molecule has 1 aromatic carbocycles. The number of anilines is 1. The standard InChI is InChI=1S/C18H31BN2O2S/c1-17(2)18(3,4)23-19(22-17)15-9-11-16(12-10-15)21(24-7)14-8-13-20(5)6/h9-12H,8,13-14H2,1-7H3. The van der Waals surface area contributed by atoms with Crippen molar-refractivity contribution in [2.45, 2.75) is 45.3 Å². The van der Waals surface area contributed by atoms with Gasteiger partial charge in [0.25, 0.3) is 0 Å². The summed E-state index contributed by atoms with van der Waals surface area (Å²) in [4.78, 5) is 2.22. The monoisotopic (exact) mass is 350 g/mol. The van der Waals surface area contributed by atoms with E-state index in [1.807, 2.05) is 0 Å². The fourth-order valence-electron chi connectivity index (χ4n) is 2.63. The van der Waals surface area contributed by atoms with E-state index in [2.05, 4.69) is 81.5 Å². The van der Waals surface area contributed by atoms with Crippen molar-refractivity contribution in [2.75, 3.05) is 37.7 Å². The van der Waals surface area contributed by atoms with E-state index in [0.29, 0.717) is 0 Å². The number of hydrogen-bond donors (Lipinski definition) is 0. The third kappa shape index (κ3) is 4.48. The minimum atomic E-state index is -0.298. The molecule has 134 valence electrons. The first-order valence-corrected chi connectivity index (χ1v) is 9.76. The maximum absolute atomic E-state index is 6.12. The second kappa shape index (κ2) is 7.69. The Kier molecular flexibility index (Phi) is 6.29. The molecule has 0 amide bonds. The Balaban J connectivity index is 2.02. The first-order chi connectivity index (χ1) is 11.2. The van der Waals surface area contributed by atoms with Gasteiger partial charge in [0.15, 0.2) is 0 Å². The van der Waals surface area contributed by atoms with Gasteiger partial charge in [0.1, 0.15) is 0 Å². The first kappa shape index (κ1) is 19.6. The quantitative estimate of drug-likeness (QED) is 0.556. The van der Waals surface area contributed by atoms with E-state index in [1.165, 1.54) is 5.69 Å². The SMILES string of the molecule is CSN(CCCN(C)C)c1ccc(B2OC(C)(C)C(C)(C)O2)cc1. The Morgan fingerprint density at radius 3 is 1.96 bits per heavy atom. The normalized spacial score (nSPS) is 19.1. The van der Waals surface area contributed by atoms with Crippen LogP contribution in [0.3, 0.4) is 0 Å². The van der Waals surface area contributed by atoms with Gasteiger partial charge in [-0.25, -0.2) is 0 Å². The van der Waals surface area contributed by atoms with Crippen LogP contribution >= 0.6 is 11.9 Å². The van der Waals surface area contributed by atoms with Crippen molar-refractivity contribution in [1.29, 1.82) is 0 Å². The van der Waals surface area contributed by atoms with Crippen LogP contribution in [0.15, 0.2) is 24.3 Å². The smallest absolute Gasteiger partial charge is 0.399 e. The van der Waals surface area contributed by atoms with Crippen molar-refractivity contribution in [3.05, 3.63) is 24.3 Å². The third-order valence-electron chi connectivity index (χ3n) is 4.89. The summed E-state index contributed by atoms with van der Waals surface area (Å²) in [6.45, 7) is 10.5. The molecule has 0 N–H and O–H groups in total. The van der Waals surface area contributed by atoms with Gasteiger partial charge in [-0.15, -0.1) is 0 Å². The van der Waals surface area contributed by atoms with Crippen molar-refractivity contribution in [3.63, 3.8) is 0 Å². The Labute approximate surface area is 152 Å². The molecule has 1 heterocycles. The molecule has 6 heteroatoms. The molecule has 1 saturated heterocycles. The third-order valence-corrected chi connectivity index (χ3v) is 5.73. The second-order valence-electron chi connectivity index (χ2n) is 7.62. The van der Waals surface area contributed by atoms with Gasteiger partial charge >= 0.3 is 7.12 Å². The van der Waals surface area contributed by atoms with Crippen molar-refractivity contribution >= 4 is 30.2 Å². The topological polar surface area (TPSA) is 24.9 Å². The number of rotatable bonds is 7. The Morgan fingerprint density at radius 2 is 1.50 bits per heavy atom. The summed E-state index contributed by atoms with van der Waals surface area (Å²) in [6, 6.07) is 8.55. The molecule has 1 fully saturated rings. The lowest BCUT2D eigenvalue weighted by Crippen LogP contribution is -2.41. The zero-order valence-corrected chi connectivity index (χ0v) is 16.9. The van der Waals surface area contributed by atoms with Crippen LogP contribution < -0.4 is 9.77 Å². The summed E-state index contributed by atoms with van der Waals surface area (Å²) in [5.41, 5.74) is 1.70. The Morgan fingerprint density at radius 1 is 0.958 bits per heavy atom. The number of hydrogen-bond acceptors (Lipinski definition) is 5. The fraction of sp³-hybridized carbons (Fsp3) is 0.667. The summed E-state index contributed by atoms with van der Waals surface area (Å²) >= 11 is 1.76. The van der Waals surface area contributed by atoms with Crippen LogP contribution in [0.25, 0.3) is 0 Å². The molecule has 0 atom stereocenters. The predicted octanol–water partition coefficient (Wildman–Crippen LogP) is 3.02. The van der Waals surface area contributed by atoms with Crippen LogP contribution in [-0.4, -0.2) is 56.7 Å². The second-order valence-corrected chi connectivity index (χ2v) is 8.43. The van der Waals surface area contributed by atoms with Crippen LogP contribution in [0.2, 0.25) is 0 Å². The van der Waals surface area contributed by atoms with E-state index < -0.39 is 0 Å². The van der Waals surface area contributed by atoms with E-state index in [-0.39, 0.29) is 18.3 Å². The molecule has 1 aliphatic rings. The van der Waals surface area contributed by atoms with Crippen LogP contribution in [0, 0.1) is 0 Å². The van der Waals surface area contributed by atoms with Crippen LogP contribution in [0.1, 0.15) is 34.1 Å². The number of benzene rings is 1. The molecular weight excluding hydrogens is 319 g/mol. The molecule has 0 bridgehead atoms. The highest BCUT2D eigenvalue weighted by molar-refractivity contribution is 7.99. The lowest BCUT2D eigenvalue weighted by Gasteiger charge is -2.32. The van der Waals surface area contributed by atoms with Gasteiger partial charge in [0, 0.05) is 18.5 Å². The molecule has 1 aliphatic heterocycles. The highest BCUT2D eigenvalue weighted by Gasteiger charge is 2.51. The van der Waals surface area contributed by atoms with E-state index >= 15 is 0 Å². The summed E-state index contributed by atoms with van der Waals surface area (Å²) in [5.74, 6) is 0. The summed E-state index contributed by atoms with van der Waals surface area (Å²) in [6.07, 6.45) is 3.27. The van der Waals surface area contributed by atoms with Crippen LogP contribution in [0.5, 0.6) is 0 Å². The molecule has 24 heavy (non-hydrogen) atoms. The van der Waals surface area contributed by atoms with Crippen LogP contribution in [-0.2, 0) is 9.31 Å². The van der Waals surface area contributed by atoms with Gasteiger partial charge in [-0.05, 0) is 72.4 Å². The Bertz CT molecular complexity index is 518. The minimum absolute atomic E-state index is 0.291. The molecule has 2 rings (SSSR count). The molecule has 0 aromatic heterocycles. The largest absolute Gasteiger partial charge is 0.494 e. The average Bonchev–Trinajstić information content (AvgIpc) is 2.72. The van der Waals surface area contributed by atoms with Crippen molar-refractivity contribution < 1.29 is 9.31 Å². The van der Waals surface area contributed by atoms with E-state index in [9.17, 15) is 0 Å². The molecule has 0 aliphatic carbocycles. The van der Waals surface area contributed by atoms with Crippen LogP contribution in [0.4, 0.5) is 5.69 Å². The average molecular weight is 350 g/mol. The van der Waals surface area contributed by atoms with Crippen molar-refractivity contribution in [3.8, 4) is 0 Å². The highest BCUT2D eigenvalue weighted by Crippen LogP contribution is 2.36. The molecule has 0 radical (unpaired) electrons. The zero-order valence-electron chi connectivity index (χ0n) is 16.1. The predicted molar refractivity (Wildman–Crippen MR) is 106 cm³/mol. The lowest BCUT2D eigenvalue weighted by atomic mass is 9.79. The maximum Gasteiger partial charge on any atom is 0.494 e. The number of nitrogens with zero attached hydrogens (tertiary/aromatic N) is 2. The molecule has 1 aromatic rings. The Hall–Kier alpha value is -0.685. The summed E-state index contributed by atoms with van der Waals surface area (Å²) in [5, 5.41) is 0. The van der Waals surface area contributed by atoms with Crippen molar-refractivity contribution in [2.24, 2.45) is 0 Å². The van der Waals surface area contributed by atoms with Gasteiger partial charge < -0.3 is 18.5 Å². The molecule has 0 saturated carbocycles.